The lowest BCUT2D eigenvalue weighted by Crippen LogP contribution is -2.49. The van der Waals surface area contributed by atoms with Gasteiger partial charge in [-0.05, 0) is 26.7 Å². The van der Waals surface area contributed by atoms with Crippen LogP contribution in [0.2, 0.25) is 0 Å². The summed E-state index contributed by atoms with van der Waals surface area (Å²) in [5.41, 5.74) is 6.78. The second-order valence-electron chi connectivity index (χ2n) is 5.44. The van der Waals surface area contributed by atoms with Crippen molar-refractivity contribution in [3.63, 3.8) is 0 Å². The Morgan fingerprint density at radius 1 is 1.47 bits per heavy atom. The second kappa shape index (κ2) is 5.17. The molecule has 0 saturated carbocycles. The molecule has 1 fully saturated rings. The van der Waals surface area contributed by atoms with Gasteiger partial charge < -0.3 is 15.2 Å². The molecule has 0 unspecified atom stereocenters. The molecule has 104 valence electrons. The standard InChI is InChI=1S/C14H21N3O2/c1-9-7-13(18)12(8-16(9)3)14(19)17-5-4-11(15)6-10(17)2/h7-8,10-11H,4-6,15H2,1-3H3/t10-,11-/m1/s1. The molecule has 5 heteroatoms. The number of hydrogen-bond acceptors (Lipinski definition) is 3. The van der Waals surface area contributed by atoms with Gasteiger partial charge >= 0.3 is 0 Å². The van der Waals surface area contributed by atoms with Crippen molar-refractivity contribution >= 4 is 5.91 Å². The number of carbonyl (C=O) groups excluding carboxylic acids is 1. The van der Waals surface area contributed by atoms with Gasteiger partial charge in [0.2, 0.25) is 0 Å². The van der Waals surface area contributed by atoms with Gasteiger partial charge in [-0.15, -0.1) is 0 Å². The second-order valence-corrected chi connectivity index (χ2v) is 5.44. The first-order valence-corrected chi connectivity index (χ1v) is 6.64. The lowest BCUT2D eigenvalue weighted by atomic mass is 9.98. The Bertz CT molecular complexity index is 550. The van der Waals surface area contributed by atoms with Crippen molar-refractivity contribution in [3.05, 3.63) is 33.7 Å². The van der Waals surface area contributed by atoms with E-state index in [0.29, 0.717) is 6.54 Å². The van der Waals surface area contributed by atoms with Gasteiger partial charge in [0.25, 0.3) is 5.91 Å². The fraction of sp³-hybridized carbons (Fsp3) is 0.571. The number of piperidine rings is 1. The molecule has 1 amide bonds. The molecular weight excluding hydrogens is 242 g/mol. The number of hydrogen-bond donors (Lipinski definition) is 1. The third-order valence-electron chi connectivity index (χ3n) is 3.89. The van der Waals surface area contributed by atoms with Gasteiger partial charge in [0.05, 0.1) is 0 Å². The Morgan fingerprint density at radius 3 is 2.79 bits per heavy atom. The number of aryl methyl sites for hydroxylation is 2. The van der Waals surface area contributed by atoms with Crippen molar-refractivity contribution in [2.75, 3.05) is 6.54 Å². The third kappa shape index (κ3) is 2.71. The van der Waals surface area contributed by atoms with Crippen LogP contribution in [0.4, 0.5) is 0 Å². The van der Waals surface area contributed by atoms with E-state index >= 15 is 0 Å². The topological polar surface area (TPSA) is 68.3 Å². The SMILES string of the molecule is Cc1cc(=O)c(C(=O)N2CC[C@@H](N)C[C@H]2C)cn1C. The monoisotopic (exact) mass is 263 g/mol. The van der Waals surface area contributed by atoms with Crippen LogP contribution in [0, 0.1) is 6.92 Å². The molecule has 1 saturated heterocycles. The minimum atomic E-state index is -0.206. The summed E-state index contributed by atoms with van der Waals surface area (Å²) >= 11 is 0. The summed E-state index contributed by atoms with van der Waals surface area (Å²) in [6, 6.07) is 1.75. The summed E-state index contributed by atoms with van der Waals surface area (Å²) in [6.45, 7) is 4.45. The first-order valence-electron chi connectivity index (χ1n) is 6.64. The van der Waals surface area contributed by atoms with Gasteiger partial charge in [-0.1, -0.05) is 0 Å². The lowest BCUT2D eigenvalue weighted by molar-refractivity contribution is 0.0617. The molecule has 2 atom stereocenters. The maximum Gasteiger partial charge on any atom is 0.259 e. The molecule has 0 aliphatic carbocycles. The highest BCUT2D eigenvalue weighted by molar-refractivity contribution is 5.94. The number of rotatable bonds is 1. The smallest absolute Gasteiger partial charge is 0.259 e. The van der Waals surface area contributed by atoms with Crippen molar-refractivity contribution in [2.45, 2.75) is 38.8 Å². The summed E-state index contributed by atoms with van der Waals surface area (Å²) in [7, 11) is 1.83. The Morgan fingerprint density at radius 2 is 2.16 bits per heavy atom. The average Bonchev–Trinajstić information content (AvgIpc) is 2.33. The van der Waals surface area contributed by atoms with Gasteiger partial charge in [-0.2, -0.15) is 0 Å². The summed E-state index contributed by atoms with van der Waals surface area (Å²) in [5.74, 6) is -0.181. The number of aromatic nitrogens is 1. The summed E-state index contributed by atoms with van der Waals surface area (Å²) in [6.07, 6.45) is 3.21. The third-order valence-corrected chi connectivity index (χ3v) is 3.89. The summed E-state index contributed by atoms with van der Waals surface area (Å²) < 4.78 is 1.80. The molecule has 19 heavy (non-hydrogen) atoms. The molecule has 0 spiro atoms. The van der Waals surface area contributed by atoms with E-state index < -0.39 is 0 Å². The highest BCUT2D eigenvalue weighted by Gasteiger charge is 2.28. The zero-order valence-electron chi connectivity index (χ0n) is 11.7. The molecule has 1 aliphatic heterocycles. The number of likely N-dealkylation sites (tertiary alicyclic amines) is 1. The number of carbonyl (C=O) groups is 1. The van der Waals surface area contributed by atoms with E-state index in [0.717, 1.165) is 18.5 Å². The number of nitrogens with zero attached hydrogens (tertiary/aromatic N) is 2. The molecule has 2 N–H and O–H groups in total. The highest BCUT2D eigenvalue weighted by atomic mass is 16.2. The zero-order chi connectivity index (χ0) is 14.2. The Hall–Kier alpha value is -1.62. The van der Waals surface area contributed by atoms with Crippen LogP contribution in [0.5, 0.6) is 0 Å². The van der Waals surface area contributed by atoms with Gasteiger partial charge in [0.1, 0.15) is 5.56 Å². The van der Waals surface area contributed by atoms with Crippen LogP contribution in [0.1, 0.15) is 35.8 Å². The van der Waals surface area contributed by atoms with Crippen LogP contribution in [-0.2, 0) is 7.05 Å². The van der Waals surface area contributed by atoms with Crippen LogP contribution in [0.15, 0.2) is 17.1 Å². The molecule has 2 heterocycles. The predicted molar refractivity (Wildman–Crippen MR) is 74.1 cm³/mol. The lowest BCUT2D eigenvalue weighted by Gasteiger charge is -2.36. The van der Waals surface area contributed by atoms with E-state index in [1.165, 1.54) is 6.07 Å². The van der Waals surface area contributed by atoms with Gasteiger partial charge in [0.15, 0.2) is 5.43 Å². The van der Waals surface area contributed by atoms with E-state index in [4.69, 9.17) is 5.73 Å². The minimum absolute atomic E-state index is 0.0854. The van der Waals surface area contributed by atoms with Crippen molar-refractivity contribution in [3.8, 4) is 0 Å². The number of amides is 1. The van der Waals surface area contributed by atoms with Crippen molar-refractivity contribution in [1.29, 1.82) is 0 Å². The Labute approximate surface area is 113 Å². The molecule has 1 aromatic rings. The predicted octanol–water partition coefficient (Wildman–Crippen LogP) is 0.646. The van der Waals surface area contributed by atoms with E-state index in [9.17, 15) is 9.59 Å². The largest absolute Gasteiger partial charge is 0.354 e. The fourth-order valence-electron chi connectivity index (χ4n) is 2.55. The Kier molecular flexibility index (Phi) is 3.75. The molecule has 0 radical (unpaired) electrons. The van der Waals surface area contributed by atoms with Crippen molar-refractivity contribution < 1.29 is 4.79 Å². The molecule has 0 bridgehead atoms. The molecule has 1 aliphatic rings. The van der Waals surface area contributed by atoms with Gasteiger partial charge in [-0.3, -0.25) is 9.59 Å². The quantitative estimate of drug-likeness (QED) is 0.808. The van der Waals surface area contributed by atoms with E-state index in [1.54, 1.807) is 15.7 Å². The first-order chi connectivity index (χ1) is 8.90. The maximum absolute atomic E-state index is 12.5. The van der Waals surface area contributed by atoms with Crippen LogP contribution >= 0.6 is 0 Å². The number of pyridine rings is 1. The molecular formula is C14H21N3O2. The van der Waals surface area contributed by atoms with Crippen LogP contribution < -0.4 is 11.2 Å². The van der Waals surface area contributed by atoms with Gasteiger partial charge in [-0.25, -0.2) is 0 Å². The van der Waals surface area contributed by atoms with Gasteiger partial charge in [0, 0.05) is 43.6 Å². The molecule has 5 nitrogen and oxygen atoms in total. The minimum Gasteiger partial charge on any atom is -0.354 e. The average molecular weight is 263 g/mol. The van der Waals surface area contributed by atoms with E-state index in [1.807, 2.05) is 20.9 Å². The van der Waals surface area contributed by atoms with Crippen LogP contribution in [-0.4, -0.2) is 34.0 Å². The van der Waals surface area contributed by atoms with Crippen LogP contribution in [0.25, 0.3) is 0 Å². The molecule has 0 aromatic carbocycles. The van der Waals surface area contributed by atoms with Crippen molar-refractivity contribution in [2.24, 2.45) is 12.8 Å². The summed E-state index contributed by atoms with van der Waals surface area (Å²) in [4.78, 5) is 26.2. The summed E-state index contributed by atoms with van der Waals surface area (Å²) in [5, 5.41) is 0. The highest BCUT2D eigenvalue weighted by Crippen LogP contribution is 2.17. The molecule has 1 aromatic heterocycles. The number of nitrogens with two attached hydrogens (primary N) is 1. The van der Waals surface area contributed by atoms with E-state index in [-0.39, 0.29) is 29.0 Å². The van der Waals surface area contributed by atoms with Crippen molar-refractivity contribution in [1.82, 2.24) is 9.47 Å². The molecule has 2 rings (SSSR count). The van der Waals surface area contributed by atoms with Crippen LogP contribution in [0.3, 0.4) is 0 Å². The zero-order valence-corrected chi connectivity index (χ0v) is 11.7. The Balaban J connectivity index is 2.30. The maximum atomic E-state index is 12.5. The normalized spacial score (nSPS) is 23.5. The fourth-order valence-corrected chi connectivity index (χ4v) is 2.55. The first kappa shape index (κ1) is 13.8. The van der Waals surface area contributed by atoms with E-state index in [2.05, 4.69) is 0 Å².